The highest BCUT2D eigenvalue weighted by molar-refractivity contribution is 5.78. The number of phenols is 1. The molecule has 0 fully saturated rings. The summed E-state index contributed by atoms with van der Waals surface area (Å²) in [7, 11) is 1.58. The predicted octanol–water partition coefficient (Wildman–Crippen LogP) is 0.562. The van der Waals surface area contributed by atoms with Gasteiger partial charge in [-0.05, 0) is 48.7 Å². The van der Waals surface area contributed by atoms with Gasteiger partial charge in [-0.25, -0.2) is 0 Å². The molecule has 0 bridgehead atoms. The topological polar surface area (TPSA) is 188 Å². The number of hydrogen-bond acceptors (Lipinski definition) is 6. The second-order valence-corrected chi connectivity index (χ2v) is 6.57. The molecule has 0 aliphatic heterocycles. The summed E-state index contributed by atoms with van der Waals surface area (Å²) in [5.74, 6) is -1.18. The van der Waals surface area contributed by atoms with E-state index in [1.807, 2.05) is 12.1 Å². The summed E-state index contributed by atoms with van der Waals surface area (Å²) in [6.45, 7) is 1.44. The van der Waals surface area contributed by atoms with Crippen molar-refractivity contribution in [1.82, 2.24) is 0 Å². The fraction of sp³-hybridized carbons (Fsp3) is 0.300. The lowest BCUT2D eigenvalue weighted by molar-refractivity contribution is -0.142. The summed E-state index contributed by atoms with van der Waals surface area (Å²) in [5.41, 5.74) is 11.2. The van der Waals surface area contributed by atoms with Crippen molar-refractivity contribution in [2.24, 2.45) is 11.5 Å². The number of ether oxygens (including phenoxy) is 1. The second-order valence-electron chi connectivity index (χ2n) is 6.57. The van der Waals surface area contributed by atoms with Crippen LogP contribution in [0, 0.1) is 0 Å². The first-order valence-electron chi connectivity index (χ1n) is 8.46. The smallest absolute Gasteiger partial charge is 0.323 e. The summed E-state index contributed by atoms with van der Waals surface area (Å²) in [4.78, 5) is 21.2. The SMILES string of the molecule is CC(N)(Cc1cccc(O)c1)C(=O)O.COc1ccc(CC(N)C(=O)O)cc1.O. The Hall–Kier alpha value is -3.14. The highest BCUT2D eigenvalue weighted by Crippen LogP contribution is 2.16. The number of benzene rings is 2. The average Bonchev–Trinajstić information content (AvgIpc) is 2.62. The molecule has 0 spiro atoms. The van der Waals surface area contributed by atoms with Gasteiger partial charge in [0, 0.05) is 6.42 Å². The number of aliphatic carboxylic acids is 2. The fourth-order valence-electron chi connectivity index (χ4n) is 2.27. The van der Waals surface area contributed by atoms with E-state index >= 15 is 0 Å². The van der Waals surface area contributed by atoms with Crippen molar-refractivity contribution in [2.45, 2.75) is 31.3 Å². The van der Waals surface area contributed by atoms with Crippen LogP contribution in [0.25, 0.3) is 0 Å². The van der Waals surface area contributed by atoms with E-state index < -0.39 is 23.5 Å². The molecule has 160 valence electrons. The van der Waals surface area contributed by atoms with Gasteiger partial charge in [0.05, 0.1) is 7.11 Å². The number of nitrogens with two attached hydrogens (primary N) is 2. The van der Waals surface area contributed by atoms with Crippen molar-refractivity contribution in [3.8, 4) is 11.5 Å². The molecule has 0 saturated heterocycles. The number of carboxylic acid groups (broad SMARTS) is 2. The van der Waals surface area contributed by atoms with Crippen LogP contribution in [0.5, 0.6) is 11.5 Å². The zero-order chi connectivity index (χ0) is 21.3. The van der Waals surface area contributed by atoms with Crippen LogP contribution in [0.3, 0.4) is 0 Å². The lowest BCUT2D eigenvalue weighted by atomic mass is 9.94. The van der Waals surface area contributed by atoms with Crippen molar-refractivity contribution in [1.29, 1.82) is 0 Å². The first kappa shape index (κ1) is 25.9. The number of carbonyl (C=O) groups is 2. The molecule has 0 saturated carbocycles. The normalized spacial score (nSPS) is 13.0. The molecule has 2 atom stereocenters. The van der Waals surface area contributed by atoms with Gasteiger partial charge in [-0.15, -0.1) is 0 Å². The van der Waals surface area contributed by atoms with E-state index in [-0.39, 0.29) is 17.6 Å². The van der Waals surface area contributed by atoms with Crippen LogP contribution in [-0.2, 0) is 22.4 Å². The number of methoxy groups -OCH3 is 1. The molecule has 9 nitrogen and oxygen atoms in total. The maximum absolute atomic E-state index is 10.7. The molecule has 0 aromatic heterocycles. The van der Waals surface area contributed by atoms with Gasteiger partial charge >= 0.3 is 11.9 Å². The van der Waals surface area contributed by atoms with Gasteiger partial charge in [-0.2, -0.15) is 0 Å². The Morgan fingerprint density at radius 3 is 2.14 bits per heavy atom. The van der Waals surface area contributed by atoms with Crippen molar-refractivity contribution >= 4 is 11.9 Å². The van der Waals surface area contributed by atoms with E-state index in [4.69, 9.17) is 31.5 Å². The van der Waals surface area contributed by atoms with Crippen molar-refractivity contribution in [3.05, 3.63) is 59.7 Å². The summed E-state index contributed by atoms with van der Waals surface area (Å²) in [5, 5.41) is 26.5. The quantitative estimate of drug-likeness (QED) is 0.439. The monoisotopic (exact) mass is 408 g/mol. The Kier molecular flexibility index (Phi) is 10.4. The molecule has 2 aromatic carbocycles. The highest BCUT2D eigenvalue weighted by atomic mass is 16.5. The standard InChI is InChI=1S/2C10H13NO3.H2O/c1-14-8-4-2-7(3-5-8)6-9(11)10(12)13;1-10(11,9(13)14)6-7-3-2-4-8(12)5-7;/h2-5,9H,6,11H2,1H3,(H,12,13);2-5,12H,6,11H2,1H3,(H,13,14);1H2. The van der Waals surface area contributed by atoms with Gasteiger partial charge in [-0.3, -0.25) is 9.59 Å². The van der Waals surface area contributed by atoms with Crippen LogP contribution >= 0.6 is 0 Å². The maximum atomic E-state index is 10.7. The van der Waals surface area contributed by atoms with Gasteiger partial charge in [-0.1, -0.05) is 24.3 Å². The first-order chi connectivity index (χ1) is 13.0. The molecule has 0 aliphatic carbocycles. The van der Waals surface area contributed by atoms with Gasteiger partial charge < -0.3 is 37.0 Å². The third-order valence-electron chi connectivity index (χ3n) is 3.90. The van der Waals surface area contributed by atoms with Crippen LogP contribution in [0.2, 0.25) is 0 Å². The molecule has 0 heterocycles. The largest absolute Gasteiger partial charge is 0.508 e. The average molecular weight is 408 g/mol. The number of carboxylic acids is 2. The van der Waals surface area contributed by atoms with Crippen LogP contribution in [0.1, 0.15) is 18.1 Å². The van der Waals surface area contributed by atoms with Gasteiger partial charge in [0.25, 0.3) is 0 Å². The van der Waals surface area contributed by atoms with Gasteiger partial charge in [0.15, 0.2) is 0 Å². The minimum absolute atomic E-state index is 0. The molecule has 0 radical (unpaired) electrons. The third kappa shape index (κ3) is 9.06. The summed E-state index contributed by atoms with van der Waals surface area (Å²) in [6.07, 6.45) is 0.524. The predicted molar refractivity (Wildman–Crippen MR) is 108 cm³/mol. The van der Waals surface area contributed by atoms with Gasteiger partial charge in [0.1, 0.15) is 23.1 Å². The van der Waals surface area contributed by atoms with Crippen molar-refractivity contribution < 1.29 is 35.1 Å². The Balaban J connectivity index is 0.000000523. The Morgan fingerprint density at radius 2 is 1.69 bits per heavy atom. The van der Waals surface area contributed by atoms with E-state index in [1.165, 1.54) is 19.1 Å². The zero-order valence-electron chi connectivity index (χ0n) is 16.3. The van der Waals surface area contributed by atoms with Gasteiger partial charge in [0.2, 0.25) is 0 Å². The van der Waals surface area contributed by atoms with E-state index in [0.29, 0.717) is 12.0 Å². The fourth-order valence-corrected chi connectivity index (χ4v) is 2.27. The van der Waals surface area contributed by atoms with Crippen molar-refractivity contribution in [3.63, 3.8) is 0 Å². The Bertz CT molecular complexity index is 792. The molecular weight excluding hydrogens is 380 g/mol. The maximum Gasteiger partial charge on any atom is 0.323 e. The van der Waals surface area contributed by atoms with Crippen LogP contribution in [-0.4, -0.2) is 51.4 Å². The van der Waals surface area contributed by atoms with Crippen LogP contribution < -0.4 is 16.2 Å². The third-order valence-corrected chi connectivity index (χ3v) is 3.90. The molecule has 2 unspecified atom stereocenters. The summed E-state index contributed by atoms with van der Waals surface area (Å²) < 4.78 is 4.97. The molecule has 29 heavy (non-hydrogen) atoms. The summed E-state index contributed by atoms with van der Waals surface area (Å²) >= 11 is 0. The number of rotatable bonds is 7. The Morgan fingerprint density at radius 1 is 1.10 bits per heavy atom. The highest BCUT2D eigenvalue weighted by Gasteiger charge is 2.27. The molecule has 0 aliphatic rings. The molecule has 2 aromatic rings. The number of aromatic hydroxyl groups is 1. The molecule has 9 N–H and O–H groups in total. The zero-order valence-corrected chi connectivity index (χ0v) is 16.3. The number of hydrogen-bond donors (Lipinski definition) is 5. The van der Waals surface area contributed by atoms with E-state index in [1.54, 1.807) is 31.4 Å². The molecule has 9 heteroatoms. The summed E-state index contributed by atoms with van der Waals surface area (Å²) in [6, 6.07) is 12.8. The van der Waals surface area contributed by atoms with Crippen molar-refractivity contribution in [2.75, 3.05) is 7.11 Å². The minimum Gasteiger partial charge on any atom is -0.508 e. The first-order valence-corrected chi connectivity index (χ1v) is 8.46. The van der Waals surface area contributed by atoms with E-state index in [2.05, 4.69) is 0 Å². The number of phenolic OH excluding ortho intramolecular Hbond substituents is 1. The molecular formula is C20H28N2O7. The lowest BCUT2D eigenvalue weighted by Gasteiger charge is -2.18. The van der Waals surface area contributed by atoms with E-state index in [9.17, 15) is 9.59 Å². The van der Waals surface area contributed by atoms with E-state index in [0.717, 1.165) is 11.3 Å². The minimum atomic E-state index is -1.30. The lowest BCUT2D eigenvalue weighted by Crippen LogP contribution is -2.46. The van der Waals surface area contributed by atoms with Crippen LogP contribution in [0.4, 0.5) is 0 Å². The second kappa shape index (κ2) is 11.6. The Labute approximate surface area is 168 Å². The molecule has 2 rings (SSSR count). The molecule has 0 amide bonds. The van der Waals surface area contributed by atoms with Crippen LogP contribution in [0.15, 0.2) is 48.5 Å².